The summed E-state index contributed by atoms with van der Waals surface area (Å²) in [7, 11) is -7.01. The number of rotatable bonds is 11. The van der Waals surface area contributed by atoms with Gasteiger partial charge in [0.1, 0.15) is 0 Å². The molecule has 23 heavy (non-hydrogen) atoms. The normalized spacial score (nSPS) is 12.1. The Labute approximate surface area is 138 Å². The lowest BCUT2D eigenvalue weighted by Gasteiger charge is -2.28. The molecule has 0 atom stereocenters. The first-order chi connectivity index (χ1) is 10.6. The van der Waals surface area contributed by atoms with Gasteiger partial charge in [-0.15, -0.1) is 19.7 Å². The van der Waals surface area contributed by atoms with Crippen LogP contribution in [0.3, 0.4) is 0 Å². The van der Waals surface area contributed by atoms with Crippen LogP contribution in [0, 0.1) is 0 Å². The average Bonchev–Trinajstić information content (AvgIpc) is 2.46. The van der Waals surface area contributed by atoms with E-state index in [0.717, 1.165) is 0 Å². The van der Waals surface area contributed by atoms with E-state index in [9.17, 15) is 4.57 Å². The van der Waals surface area contributed by atoms with Crippen molar-refractivity contribution in [2.45, 2.75) is 23.7 Å². The van der Waals surface area contributed by atoms with Crippen molar-refractivity contribution in [1.29, 1.82) is 0 Å². The van der Waals surface area contributed by atoms with E-state index >= 15 is 0 Å². The Morgan fingerprint density at radius 1 is 0.957 bits per heavy atom. The third kappa shape index (κ3) is 11.5. The van der Waals surface area contributed by atoms with Crippen LogP contribution in [-0.2, 0) is 8.78 Å². The molecule has 0 aliphatic rings. The van der Waals surface area contributed by atoms with Crippen molar-refractivity contribution >= 4 is 16.1 Å². The molecule has 0 radical (unpaired) electrons. The second-order valence-electron chi connectivity index (χ2n) is 5.08. The molecule has 0 bridgehead atoms. The van der Waals surface area contributed by atoms with Crippen LogP contribution in [0.5, 0.6) is 0 Å². The van der Waals surface area contributed by atoms with E-state index in [0.29, 0.717) is 18.1 Å². The fourth-order valence-corrected chi connectivity index (χ4v) is 6.54. The van der Waals surface area contributed by atoms with Crippen LogP contribution in [0.25, 0.3) is 0 Å². The van der Waals surface area contributed by atoms with E-state index in [1.165, 1.54) is 0 Å². The SMILES string of the molecule is C=CC[Si](CC=C)(CC=C)OP(=O)(O)O.NC(CO)(CO)CO. The third-order valence-corrected chi connectivity index (χ3v) is 8.40. The molecule has 0 amide bonds. The monoisotopic (exact) mass is 369 g/mol. The second kappa shape index (κ2) is 11.9. The van der Waals surface area contributed by atoms with Gasteiger partial charge < -0.3 is 35.1 Å². The molecule has 0 unspecified atom stereocenters. The van der Waals surface area contributed by atoms with E-state index in [1.54, 1.807) is 18.2 Å². The summed E-state index contributed by atoms with van der Waals surface area (Å²) >= 11 is 0. The largest absolute Gasteiger partial charge is 0.459 e. The van der Waals surface area contributed by atoms with Crippen molar-refractivity contribution in [1.82, 2.24) is 0 Å². The second-order valence-corrected chi connectivity index (χ2v) is 10.4. The smallest absolute Gasteiger partial charge is 0.394 e. The number of hydrogen-bond donors (Lipinski definition) is 6. The van der Waals surface area contributed by atoms with Crippen LogP contribution in [0.1, 0.15) is 0 Å². The molecule has 0 rings (SSSR count). The van der Waals surface area contributed by atoms with Crippen molar-refractivity contribution in [2.75, 3.05) is 19.8 Å². The van der Waals surface area contributed by atoms with Crippen LogP contribution < -0.4 is 5.73 Å². The van der Waals surface area contributed by atoms with Crippen molar-refractivity contribution in [3.63, 3.8) is 0 Å². The zero-order valence-corrected chi connectivity index (χ0v) is 15.1. The number of phosphoric acid groups is 1. The molecule has 0 saturated heterocycles. The molecule has 0 aliphatic heterocycles. The predicted octanol–water partition coefficient (Wildman–Crippen LogP) is 0.260. The Morgan fingerprint density at radius 3 is 1.39 bits per heavy atom. The van der Waals surface area contributed by atoms with Crippen molar-refractivity contribution < 1.29 is 33.9 Å². The lowest BCUT2D eigenvalue weighted by molar-refractivity contribution is 0.0697. The molecule has 0 aromatic carbocycles. The van der Waals surface area contributed by atoms with Crippen LogP contribution >= 0.6 is 7.82 Å². The summed E-state index contributed by atoms with van der Waals surface area (Å²) in [5.74, 6) is 0. The minimum atomic E-state index is -4.46. The van der Waals surface area contributed by atoms with Gasteiger partial charge >= 0.3 is 7.82 Å². The van der Waals surface area contributed by atoms with Crippen LogP contribution in [0.15, 0.2) is 38.0 Å². The van der Waals surface area contributed by atoms with Crippen LogP contribution in [0.4, 0.5) is 0 Å². The lowest BCUT2D eigenvalue weighted by atomic mass is 10.1. The van der Waals surface area contributed by atoms with E-state index < -0.39 is 41.5 Å². The van der Waals surface area contributed by atoms with Gasteiger partial charge in [0.2, 0.25) is 8.32 Å². The summed E-state index contributed by atoms with van der Waals surface area (Å²) in [6.07, 6.45) is 4.86. The third-order valence-electron chi connectivity index (χ3n) is 2.81. The highest BCUT2D eigenvalue weighted by molar-refractivity contribution is 7.48. The van der Waals surface area contributed by atoms with E-state index in [2.05, 4.69) is 19.7 Å². The summed E-state index contributed by atoms with van der Waals surface area (Å²) in [5.41, 5.74) is 3.94. The lowest BCUT2D eigenvalue weighted by Crippen LogP contribution is -2.50. The molecule has 0 spiro atoms. The molecule has 0 heterocycles. The van der Waals surface area contributed by atoms with Gasteiger partial charge in [-0.05, 0) is 18.1 Å². The van der Waals surface area contributed by atoms with Crippen LogP contribution in [-0.4, -0.2) is 58.8 Å². The Hall–Kier alpha value is -0.613. The molecule has 136 valence electrons. The summed E-state index contributed by atoms with van der Waals surface area (Å²) in [4.78, 5) is 17.7. The maximum atomic E-state index is 10.9. The Bertz CT molecular complexity index is 374. The van der Waals surface area contributed by atoms with Crippen molar-refractivity contribution in [3.8, 4) is 0 Å². The maximum absolute atomic E-state index is 10.9. The first kappa shape index (κ1) is 24.6. The number of allylic oxidation sites excluding steroid dienone is 3. The highest BCUT2D eigenvalue weighted by Gasteiger charge is 2.37. The molecule has 0 aliphatic carbocycles. The highest BCUT2D eigenvalue weighted by Crippen LogP contribution is 2.44. The average molecular weight is 369 g/mol. The molecule has 0 aromatic rings. The van der Waals surface area contributed by atoms with Gasteiger partial charge in [0.05, 0.1) is 25.4 Å². The summed E-state index contributed by atoms with van der Waals surface area (Å²) < 4.78 is 15.8. The van der Waals surface area contributed by atoms with Gasteiger partial charge in [-0.1, -0.05) is 18.2 Å². The predicted molar refractivity (Wildman–Crippen MR) is 92.1 cm³/mol. The first-order valence-corrected chi connectivity index (χ1v) is 10.8. The molecule has 0 aromatic heterocycles. The molecular formula is C13H28NO7PSi. The number of hydrogen-bond acceptors (Lipinski definition) is 6. The molecule has 10 heteroatoms. The van der Waals surface area contributed by atoms with Crippen molar-refractivity contribution in [2.24, 2.45) is 5.73 Å². The zero-order chi connectivity index (χ0) is 18.6. The van der Waals surface area contributed by atoms with Crippen molar-refractivity contribution in [3.05, 3.63) is 38.0 Å². The molecular weight excluding hydrogens is 341 g/mol. The van der Waals surface area contributed by atoms with E-state index in [-0.39, 0.29) is 0 Å². The fraction of sp³-hybridized carbons (Fsp3) is 0.538. The fourth-order valence-electron chi connectivity index (χ4n) is 1.55. The first-order valence-electron chi connectivity index (χ1n) is 6.78. The van der Waals surface area contributed by atoms with Crippen LogP contribution in [0.2, 0.25) is 18.1 Å². The Kier molecular flexibility index (Phi) is 12.7. The van der Waals surface area contributed by atoms with Gasteiger partial charge in [-0.25, -0.2) is 4.57 Å². The molecule has 7 N–H and O–H groups in total. The van der Waals surface area contributed by atoms with Gasteiger partial charge in [0, 0.05) is 0 Å². The summed E-state index contributed by atoms with van der Waals surface area (Å²) in [5, 5.41) is 25.0. The van der Waals surface area contributed by atoms with E-state index in [1.807, 2.05) is 0 Å². The highest BCUT2D eigenvalue weighted by atomic mass is 31.2. The van der Waals surface area contributed by atoms with Gasteiger partial charge in [0.15, 0.2) is 0 Å². The van der Waals surface area contributed by atoms with Gasteiger partial charge in [0.25, 0.3) is 0 Å². The standard InChI is InChI=1S/C9H17O4PSi.C4H11NO3/c1-4-7-15(8-5-2,9-6-3)13-14(10,11)12;5-4(1-6,2-7)3-8/h4-6H,1-3,7-9H2,(H2,10,11,12);6-8H,1-3,5H2. The topological polar surface area (TPSA) is 153 Å². The number of aliphatic hydroxyl groups excluding tert-OH is 3. The van der Waals surface area contributed by atoms with Gasteiger partial charge in [-0.2, -0.15) is 0 Å². The maximum Gasteiger partial charge on any atom is 0.459 e. The Morgan fingerprint density at radius 2 is 1.26 bits per heavy atom. The quantitative estimate of drug-likeness (QED) is 0.172. The molecule has 0 fully saturated rings. The Balaban J connectivity index is 0. The minimum absolute atomic E-state index is 0.403. The number of aliphatic hydroxyl groups is 3. The van der Waals surface area contributed by atoms with Gasteiger partial charge in [-0.3, -0.25) is 0 Å². The summed E-state index contributed by atoms with van der Waals surface area (Å²) in [6.45, 7) is 9.51. The molecule has 8 nitrogen and oxygen atoms in total. The van der Waals surface area contributed by atoms with E-state index in [4.69, 9.17) is 35.1 Å². The molecule has 0 saturated carbocycles. The summed E-state index contributed by atoms with van der Waals surface area (Å²) in [6, 6.07) is 1.41. The number of nitrogens with two attached hydrogens (primary N) is 1. The minimum Gasteiger partial charge on any atom is -0.394 e. The zero-order valence-electron chi connectivity index (χ0n) is 13.2.